The highest BCUT2D eigenvalue weighted by Gasteiger charge is 2.47. The summed E-state index contributed by atoms with van der Waals surface area (Å²) in [4.78, 5) is 2.52. The molecule has 1 aliphatic rings. The van der Waals surface area contributed by atoms with Gasteiger partial charge in [0.25, 0.3) is 0 Å². The van der Waals surface area contributed by atoms with Crippen LogP contribution < -0.4 is 4.90 Å². The highest BCUT2D eigenvalue weighted by atomic mass is 32.1. The molecule has 264 valence electrons. The maximum Gasteiger partial charge on any atom is 0.0714 e. The lowest BCUT2D eigenvalue weighted by atomic mass is 9.67. The molecule has 0 saturated carbocycles. The number of hydrogen-bond acceptors (Lipinski definition) is 2. The van der Waals surface area contributed by atoms with Crippen molar-refractivity contribution in [2.45, 2.75) is 12.3 Å². The SMILES string of the molecule is Cc1ccccc1-c1ccc2c(c1)C(c1ccccc1)(c1ccccc1)c1cc(N(c3ccccc3)c3cccc4c3sc3ccccc34)c3ccccc3c1-2. The van der Waals surface area contributed by atoms with Crippen LogP contribution in [0.4, 0.5) is 17.1 Å². The molecule has 10 aromatic rings. The van der Waals surface area contributed by atoms with Crippen molar-refractivity contribution in [3.8, 4) is 22.3 Å². The summed E-state index contributed by atoms with van der Waals surface area (Å²) in [6, 6.07) is 76.5. The smallest absolute Gasteiger partial charge is 0.0714 e. The summed E-state index contributed by atoms with van der Waals surface area (Å²) in [5, 5.41) is 5.06. The predicted octanol–water partition coefficient (Wildman–Crippen LogP) is 15.0. The molecule has 2 heteroatoms. The zero-order chi connectivity index (χ0) is 37.2. The van der Waals surface area contributed by atoms with Gasteiger partial charge in [-0.3, -0.25) is 0 Å². The molecule has 0 unspecified atom stereocenters. The first-order chi connectivity index (χ1) is 27.7. The van der Waals surface area contributed by atoms with E-state index in [-0.39, 0.29) is 0 Å². The molecule has 0 atom stereocenters. The molecule has 1 nitrogen and oxygen atoms in total. The Hall–Kier alpha value is -6.74. The van der Waals surface area contributed by atoms with Crippen LogP contribution in [0.3, 0.4) is 0 Å². The van der Waals surface area contributed by atoms with Crippen molar-refractivity contribution in [1.29, 1.82) is 0 Å². The largest absolute Gasteiger partial charge is 0.308 e. The molecule has 0 fully saturated rings. The minimum absolute atomic E-state index is 0.587. The molecule has 0 radical (unpaired) electrons. The van der Waals surface area contributed by atoms with Gasteiger partial charge in [-0.25, -0.2) is 0 Å². The third-order valence-electron chi connectivity index (χ3n) is 11.9. The number of anilines is 3. The Morgan fingerprint density at radius 3 is 1.77 bits per heavy atom. The summed E-state index contributed by atoms with van der Waals surface area (Å²) in [7, 11) is 0. The standard InChI is InChI=1S/C54H37NS/c1-36-18-11-12-25-41(36)37-32-33-46-47(34-37)54(38-19-5-2-6-20-38,39-21-7-3-8-22-39)48-35-50(42-26-13-14-28-44(42)52(46)48)55(40-23-9-4-10-24-40)49-30-17-29-45-43-27-15-16-31-51(43)56-53(45)49/h2-35H,1H3. The second kappa shape index (κ2) is 12.9. The summed E-state index contributed by atoms with van der Waals surface area (Å²) < 4.78 is 2.58. The van der Waals surface area contributed by atoms with Crippen LogP contribution >= 0.6 is 11.3 Å². The van der Waals surface area contributed by atoms with Gasteiger partial charge in [-0.2, -0.15) is 0 Å². The van der Waals surface area contributed by atoms with Crippen LogP contribution in [0.5, 0.6) is 0 Å². The number of nitrogens with zero attached hydrogens (tertiary/aromatic N) is 1. The molecular weight excluding hydrogens is 695 g/mol. The fourth-order valence-corrected chi connectivity index (χ4v) is 10.7. The number of aryl methyl sites for hydroxylation is 1. The minimum atomic E-state index is -0.587. The average Bonchev–Trinajstić information content (AvgIpc) is 3.79. The minimum Gasteiger partial charge on any atom is -0.308 e. The first-order valence-electron chi connectivity index (χ1n) is 19.4. The monoisotopic (exact) mass is 731 g/mol. The summed E-state index contributed by atoms with van der Waals surface area (Å²) in [5.74, 6) is 0. The second-order valence-corrected chi connectivity index (χ2v) is 15.9. The van der Waals surface area contributed by atoms with Crippen molar-refractivity contribution in [1.82, 2.24) is 0 Å². The van der Waals surface area contributed by atoms with Crippen molar-refractivity contribution < 1.29 is 0 Å². The molecule has 0 aliphatic heterocycles. The molecule has 56 heavy (non-hydrogen) atoms. The maximum absolute atomic E-state index is 2.53. The van der Waals surface area contributed by atoms with Gasteiger partial charge in [-0.15, -0.1) is 11.3 Å². The van der Waals surface area contributed by atoms with E-state index in [1.54, 1.807) is 0 Å². The lowest BCUT2D eigenvalue weighted by Crippen LogP contribution is -2.29. The zero-order valence-electron chi connectivity index (χ0n) is 31.0. The van der Waals surface area contributed by atoms with Gasteiger partial charge >= 0.3 is 0 Å². The quantitative estimate of drug-likeness (QED) is 0.165. The number of rotatable bonds is 6. The van der Waals surface area contributed by atoms with Crippen LogP contribution in [-0.4, -0.2) is 0 Å². The van der Waals surface area contributed by atoms with Crippen LogP contribution in [0.25, 0.3) is 53.2 Å². The van der Waals surface area contributed by atoms with E-state index in [9.17, 15) is 0 Å². The molecule has 0 bridgehead atoms. The first kappa shape index (κ1) is 32.7. The van der Waals surface area contributed by atoms with E-state index >= 15 is 0 Å². The number of para-hydroxylation sites is 1. The van der Waals surface area contributed by atoms with Gasteiger partial charge in [0.2, 0.25) is 0 Å². The van der Waals surface area contributed by atoms with E-state index in [1.807, 2.05) is 11.3 Å². The van der Waals surface area contributed by atoms with Crippen molar-refractivity contribution in [3.05, 3.63) is 234 Å². The van der Waals surface area contributed by atoms with Crippen LogP contribution in [0, 0.1) is 6.92 Å². The molecular formula is C54H37NS. The Balaban J connectivity index is 1.29. The van der Waals surface area contributed by atoms with Gasteiger partial charge in [0, 0.05) is 26.5 Å². The normalized spacial score (nSPS) is 12.9. The molecule has 0 N–H and O–H groups in total. The number of fused-ring (bicyclic) bond motifs is 8. The Kier molecular flexibility index (Phi) is 7.55. The van der Waals surface area contributed by atoms with E-state index in [0.29, 0.717) is 0 Å². The van der Waals surface area contributed by atoms with Crippen LogP contribution in [0.15, 0.2) is 206 Å². The fraction of sp³-hybridized carbons (Fsp3) is 0.0370. The summed E-state index contributed by atoms with van der Waals surface area (Å²) >= 11 is 1.88. The van der Waals surface area contributed by atoms with Gasteiger partial charge in [0.05, 0.1) is 21.5 Å². The van der Waals surface area contributed by atoms with Crippen molar-refractivity contribution in [3.63, 3.8) is 0 Å². The molecule has 1 aromatic heterocycles. The van der Waals surface area contributed by atoms with E-state index in [4.69, 9.17) is 0 Å². The topological polar surface area (TPSA) is 3.24 Å². The second-order valence-electron chi connectivity index (χ2n) is 14.8. The lowest BCUT2D eigenvalue weighted by Gasteiger charge is -2.35. The molecule has 11 rings (SSSR count). The third-order valence-corrected chi connectivity index (χ3v) is 13.1. The van der Waals surface area contributed by atoms with Crippen molar-refractivity contribution >= 4 is 59.3 Å². The maximum atomic E-state index is 2.53. The van der Waals surface area contributed by atoms with Crippen LogP contribution in [-0.2, 0) is 5.41 Å². The van der Waals surface area contributed by atoms with E-state index in [2.05, 4.69) is 218 Å². The highest BCUT2D eigenvalue weighted by Crippen LogP contribution is 2.60. The molecule has 1 heterocycles. The number of hydrogen-bond donors (Lipinski definition) is 0. The lowest BCUT2D eigenvalue weighted by molar-refractivity contribution is 0.769. The summed E-state index contributed by atoms with van der Waals surface area (Å²) in [6.45, 7) is 2.22. The van der Waals surface area contributed by atoms with Crippen LogP contribution in [0.2, 0.25) is 0 Å². The fourth-order valence-electron chi connectivity index (χ4n) is 9.47. The predicted molar refractivity (Wildman–Crippen MR) is 239 cm³/mol. The first-order valence-corrected chi connectivity index (χ1v) is 20.2. The molecule has 9 aromatic carbocycles. The van der Waals surface area contributed by atoms with Gasteiger partial charge in [0.1, 0.15) is 0 Å². The average molecular weight is 732 g/mol. The third kappa shape index (κ3) is 4.79. The van der Waals surface area contributed by atoms with Gasteiger partial charge < -0.3 is 4.90 Å². The number of benzene rings is 9. The van der Waals surface area contributed by atoms with Crippen molar-refractivity contribution in [2.24, 2.45) is 0 Å². The van der Waals surface area contributed by atoms with Gasteiger partial charge in [-0.05, 0) is 98.8 Å². The molecule has 0 spiro atoms. The zero-order valence-corrected chi connectivity index (χ0v) is 31.8. The Bertz CT molecular complexity index is 3050. The van der Waals surface area contributed by atoms with E-state index in [1.165, 1.54) is 92.4 Å². The Morgan fingerprint density at radius 1 is 0.429 bits per heavy atom. The van der Waals surface area contributed by atoms with Crippen molar-refractivity contribution in [2.75, 3.05) is 4.90 Å². The van der Waals surface area contributed by atoms with Gasteiger partial charge in [-0.1, -0.05) is 170 Å². The Morgan fingerprint density at radius 2 is 1.04 bits per heavy atom. The number of thiophene rings is 1. The van der Waals surface area contributed by atoms with Crippen LogP contribution in [0.1, 0.15) is 27.8 Å². The van der Waals surface area contributed by atoms with Gasteiger partial charge in [0.15, 0.2) is 0 Å². The van der Waals surface area contributed by atoms with E-state index in [0.717, 1.165) is 5.69 Å². The highest BCUT2D eigenvalue weighted by molar-refractivity contribution is 7.26. The molecule has 1 aliphatic carbocycles. The summed E-state index contributed by atoms with van der Waals surface area (Å²) in [5.41, 5.74) is 14.4. The summed E-state index contributed by atoms with van der Waals surface area (Å²) in [6.07, 6.45) is 0. The molecule has 0 saturated heterocycles. The van der Waals surface area contributed by atoms with E-state index < -0.39 is 5.41 Å². The Labute approximate surface area is 331 Å². The molecule has 0 amide bonds.